The molecule has 24 nitrogen and oxygen atoms in total. The van der Waals surface area contributed by atoms with Crippen molar-refractivity contribution in [1.82, 2.24) is 48.2 Å². The van der Waals surface area contributed by atoms with E-state index in [4.69, 9.17) is 97.6 Å². The van der Waals surface area contributed by atoms with E-state index in [-0.39, 0.29) is 16.8 Å². The number of carbonyl (C=O) groups is 3. The molecule has 1 aliphatic heterocycles. The van der Waals surface area contributed by atoms with Crippen molar-refractivity contribution in [2.45, 2.75) is 118 Å². The molecule has 0 atom stereocenters. The van der Waals surface area contributed by atoms with Crippen molar-refractivity contribution in [3.05, 3.63) is 249 Å². The summed E-state index contributed by atoms with van der Waals surface area (Å²) in [5, 5.41) is 37.7. The molecule has 3 N–H and O–H groups in total. The van der Waals surface area contributed by atoms with Crippen LogP contribution in [0.1, 0.15) is 90.0 Å². The van der Waals surface area contributed by atoms with Gasteiger partial charge in [0.05, 0.1) is 39.6 Å². The molecule has 0 unspecified atom stereocenters. The summed E-state index contributed by atoms with van der Waals surface area (Å²) in [6.45, 7) is 24.3. The maximum absolute atomic E-state index is 12.4. The van der Waals surface area contributed by atoms with Crippen LogP contribution in [0.3, 0.4) is 0 Å². The predicted octanol–water partition coefficient (Wildman–Crippen LogP) is 27.0. The Morgan fingerprint density at radius 1 is 0.441 bits per heavy atom. The van der Waals surface area contributed by atoms with Crippen LogP contribution in [-0.4, -0.2) is 119 Å². The smallest absolute Gasteiger partial charge is 0.465 e. The van der Waals surface area contributed by atoms with Gasteiger partial charge >= 0.3 is 32.5 Å². The molecule has 19 rings (SSSR count). The molecule has 1 saturated heterocycles. The highest BCUT2D eigenvalue weighted by Gasteiger charge is 2.53. The monoisotopic (exact) mass is 2070 g/mol. The molecule has 0 spiro atoms. The van der Waals surface area contributed by atoms with Gasteiger partial charge < -0.3 is 60.8 Å². The first kappa shape index (κ1) is 95.2. The molecule has 15 heterocycles. The number of benzene rings is 4. The minimum atomic E-state index is -1.69. The van der Waals surface area contributed by atoms with Crippen LogP contribution in [0, 0.1) is 0 Å². The molecule has 38 heteroatoms. The zero-order valence-corrected chi connectivity index (χ0v) is 82.3. The maximum atomic E-state index is 12.4. The SMILES string of the molecule is Brc1csc(Br)n1.CC(C)(C)OC(=O)n1cccc1-c1nc(-c2cc3ccc(Cl)cc3o2)cs1.CC(C)(C)OC(=O)n1cccc1-c1nc(Br)cs1.CC(C)(C)OC(=O)n1cccc1B(O)O.CC1(C)OB(c2cc3ccc(Cl)cc3o2)OC1(C)C.Clc1ccc2cc(-c3csc(-c4ccc[nH]4)n3)oc2c1.Cn1cccc1-c1nc(-c2cc3ccc(Cl)cc3o2)cs1. The number of furan rings is 4. The summed E-state index contributed by atoms with van der Waals surface area (Å²) in [7, 11) is -0.150. The zero-order chi connectivity index (χ0) is 91.2. The van der Waals surface area contributed by atoms with Gasteiger partial charge in [0, 0.05) is 125 Å². The van der Waals surface area contributed by atoms with E-state index in [1.807, 2.05) is 231 Å². The number of halogens is 7. The summed E-state index contributed by atoms with van der Waals surface area (Å²) >= 11 is 41.3. The lowest BCUT2D eigenvalue weighted by molar-refractivity contribution is 0.00578. The Morgan fingerprint density at radius 3 is 1.20 bits per heavy atom. The van der Waals surface area contributed by atoms with Crippen molar-refractivity contribution in [2.75, 3.05) is 0 Å². The molecule has 127 heavy (non-hydrogen) atoms. The van der Waals surface area contributed by atoms with Gasteiger partial charge in [0.2, 0.25) is 0 Å². The molecule has 0 amide bonds. The summed E-state index contributed by atoms with van der Waals surface area (Å²) < 4.78 is 59.7. The standard InChI is InChI=1S/C20H17ClN2O3S.C16H11ClN2OS.C15H9ClN2OS.C14H16BClO3.C12H13BrN2O2S.C9H14BNO4.C3HBr2NS/c1-20(2,3)26-19(24)23-8-4-5-15(23)18-22-14(11-27-18)17-9-12-6-7-13(21)10-16(12)25-17;1-19-6-2-3-13(19)16-18-12(9-21-16)15-7-10-4-5-11(17)8-14(10)20-15;16-10-4-3-9-6-14(19-13(9)7-10)12-8-20-15(18-12)11-2-1-5-17-11;1-13(2)14(3,4)19-15(18-13)12-7-9-5-6-10(16)8-11(9)17-12;1-12(2,3)17-11(16)15-6-4-5-8(15)10-14-9(13)7-18-10;1-9(2,3)15-8(12)11-6-4-5-7(11)10(13)14;4-2-1-7-3(5)6-2/h4-11H,1-3H3;2-9H,1H3;1-8,17H;5-8H,1-4H3;4-7H,1-3H3;4-6,13-14H,1-3H3;1H. The fourth-order valence-corrected chi connectivity index (χ4v) is 18.0. The molecule has 656 valence electrons. The molecule has 0 bridgehead atoms. The maximum Gasteiger partial charge on any atom is 0.532 e. The van der Waals surface area contributed by atoms with E-state index in [1.165, 1.54) is 44.1 Å². The van der Waals surface area contributed by atoms with Crippen molar-refractivity contribution in [3.63, 3.8) is 0 Å². The molecular weight excluding hydrogens is 2000 g/mol. The molecular formula is C89H81B2Br3Cl4N10O14S5. The van der Waals surface area contributed by atoms with Crippen molar-refractivity contribution in [1.29, 1.82) is 0 Å². The number of nitrogens with one attached hydrogen (secondary N) is 1. The number of hydrogen-bond acceptors (Lipinski definition) is 24. The lowest BCUT2D eigenvalue weighted by atomic mass is 9.86. The first-order valence-corrected chi connectivity index (χ1v) is 47.1. The minimum absolute atomic E-state index is 0.0873. The van der Waals surface area contributed by atoms with E-state index < -0.39 is 49.3 Å². The average Bonchev–Trinajstić information content (AvgIpc) is 1.60. The van der Waals surface area contributed by atoms with Crippen LogP contribution in [-0.2, 0) is 30.6 Å². The number of aryl methyl sites for hydroxylation is 1. The van der Waals surface area contributed by atoms with Gasteiger partial charge in [-0.3, -0.25) is 13.7 Å². The second-order valence-corrected chi connectivity index (χ2v) is 41.0. The third-order valence-electron chi connectivity index (χ3n) is 18.4. The number of hydrogen-bond donors (Lipinski definition) is 3. The number of thiazole rings is 5. The molecule has 1 aliphatic rings. The van der Waals surface area contributed by atoms with Crippen LogP contribution in [0.15, 0.2) is 246 Å². The number of aromatic amines is 1. The Morgan fingerprint density at radius 2 is 0.811 bits per heavy atom. The first-order valence-electron chi connectivity index (χ1n) is 38.8. The Kier molecular flexibility index (Phi) is 30.2. The third kappa shape index (κ3) is 24.8. The van der Waals surface area contributed by atoms with E-state index in [9.17, 15) is 14.4 Å². The number of fused-ring (bicyclic) bond motifs is 4. The van der Waals surface area contributed by atoms with Crippen LogP contribution in [0.2, 0.25) is 20.1 Å². The van der Waals surface area contributed by atoms with Gasteiger partial charge in [-0.15, -0.1) is 56.7 Å². The van der Waals surface area contributed by atoms with Crippen LogP contribution in [0.5, 0.6) is 0 Å². The van der Waals surface area contributed by atoms with E-state index >= 15 is 0 Å². The van der Waals surface area contributed by atoms with Crippen LogP contribution >= 0.6 is 151 Å². The Hall–Kier alpha value is -9.43. The number of aromatic nitrogens is 10. The summed E-state index contributed by atoms with van der Waals surface area (Å²) in [5.74, 6) is 2.19. The van der Waals surface area contributed by atoms with Crippen molar-refractivity contribution < 1.29 is 65.6 Å². The molecule has 14 aromatic heterocycles. The predicted molar refractivity (Wildman–Crippen MR) is 521 cm³/mol. The molecule has 0 aliphatic carbocycles. The molecule has 4 aromatic carbocycles. The molecule has 18 aromatic rings. The number of H-pyrrole nitrogens is 1. The van der Waals surface area contributed by atoms with Gasteiger partial charge in [0.15, 0.2) is 21.2 Å². The van der Waals surface area contributed by atoms with E-state index in [0.717, 1.165) is 111 Å². The first-order chi connectivity index (χ1) is 60.0. The van der Waals surface area contributed by atoms with Gasteiger partial charge in [-0.05, 0) is 277 Å². The highest BCUT2D eigenvalue weighted by atomic mass is 79.9. The van der Waals surface area contributed by atoms with Crippen molar-refractivity contribution >= 4 is 239 Å². The lowest BCUT2D eigenvalue weighted by Gasteiger charge is -2.32. The second kappa shape index (κ2) is 40.3. The molecule has 0 radical (unpaired) electrons. The molecule has 1 fully saturated rings. The average molecular weight is 2080 g/mol. The fourth-order valence-electron chi connectivity index (χ4n) is 11.9. The van der Waals surface area contributed by atoms with Crippen molar-refractivity contribution in [2.24, 2.45) is 7.05 Å². The van der Waals surface area contributed by atoms with Gasteiger partial charge in [-0.1, -0.05) is 46.4 Å². The second-order valence-electron chi connectivity index (χ2n) is 32.0. The van der Waals surface area contributed by atoms with Crippen molar-refractivity contribution in [3.8, 4) is 77.2 Å². The van der Waals surface area contributed by atoms with Crippen LogP contribution in [0.25, 0.3) is 121 Å². The number of ether oxygens (including phenoxy) is 3. The van der Waals surface area contributed by atoms with E-state index in [1.54, 1.807) is 97.5 Å². The largest absolute Gasteiger partial charge is 0.532 e. The quantitative estimate of drug-likeness (QED) is 0.0893. The number of carbonyl (C=O) groups excluding carboxylic acids is 3. The van der Waals surface area contributed by atoms with E-state index in [2.05, 4.69) is 88.3 Å². The summed E-state index contributed by atoms with van der Waals surface area (Å²) in [5.41, 5.74) is 7.29. The number of rotatable bonds is 9. The van der Waals surface area contributed by atoms with Crippen LogP contribution in [0.4, 0.5) is 14.4 Å². The zero-order valence-electron chi connectivity index (χ0n) is 70.4. The normalized spacial score (nSPS) is 12.8. The fraction of sp³-hybridized carbons (Fsp3) is 0.213. The van der Waals surface area contributed by atoms with Gasteiger partial charge in [0.1, 0.15) is 91.1 Å². The highest BCUT2D eigenvalue weighted by molar-refractivity contribution is 9.11. The Bertz CT molecular complexity index is 6810. The minimum Gasteiger partial charge on any atom is -0.465 e. The highest BCUT2D eigenvalue weighted by Crippen LogP contribution is 2.40. The van der Waals surface area contributed by atoms with Gasteiger partial charge in [-0.25, -0.2) is 39.3 Å². The summed E-state index contributed by atoms with van der Waals surface area (Å²) in [6.07, 6.45) is 7.22. The Labute approximate surface area is 796 Å². The topological polar surface area (TPSA) is 290 Å². The molecule has 0 saturated carbocycles. The lowest BCUT2D eigenvalue weighted by Crippen LogP contribution is -2.41. The van der Waals surface area contributed by atoms with Gasteiger partial charge in [0.25, 0.3) is 0 Å². The van der Waals surface area contributed by atoms with Gasteiger partial charge in [-0.2, -0.15) is 0 Å². The summed E-state index contributed by atoms with van der Waals surface area (Å²) in [4.78, 5) is 61.4. The van der Waals surface area contributed by atoms with E-state index in [0.29, 0.717) is 53.5 Å². The third-order valence-corrected chi connectivity index (χ3v) is 25.6. The van der Waals surface area contributed by atoms with Crippen LogP contribution < -0.4 is 11.3 Å². The number of nitrogens with zero attached hydrogens (tertiary/aromatic N) is 9. The Balaban J connectivity index is 0.000000129. The summed E-state index contributed by atoms with van der Waals surface area (Å²) in [6, 6.07) is 48.5.